The Balaban J connectivity index is 1.44. The summed E-state index contributed by atoms with van der Waals surface area (Å²) in [5.74, 6) is 0.660. The second-order valence-corrected chi connectivity index (χ2v) is 6.65. The molecule has 2 unspecified atom stereocenters. The van der Waals surface area contributed by atoms with Gasteiger partial charge in [-0.05, 0) is 61.7 Å². The van der Waals surface area contributed by atoms with Crippen molar-refractivity contribution >= 4 is 0 Å². The van der Waals surface area contributed by atoms with E-state index < -0.39 is 6.10 Å². The molecule has 2 aromatic heterocycles. The Morgan fingerprint density at radius 1 is 1.24 bits per heavy atom. The average Bonchev–Trinajstić information content (AvgIpc) is 3.39. The molecule has 1 fully saturated rings. The lowest BCUT2D eigenvalue weighted by atomic mass is 10.0. The normalized spacial score (nSPS) is 19.3. The maximum absolute atomic E-state index is 10.4. The van der Waals surface area contributed by atoms with Crippen LogP contribution in [0, 0.1) is 0 Å². The lowest BCUT2D eigenvalue weighted by Crippen LogP contribution is -2.30. The van der Waals surface area contributed by atoms with Crippen LogP contribution in [0.15, 0.2) is 65.5 Å². The third-order valence-electron chi connectivity index (χ3n) is 4.93. The lowest BCUT2D eigenvalue weighted by Gasteiger charge is -2.26. The number of aliphatic hydroxyl groups excluding tert-OH is 1. The minimum atomic E-state index is -0.531. The molecule has 1 N–H and O–H groups in total. The van der Waals surface area contributed by atoms with Crippen LogP contribution in [0.25, 0.3) is 5.69 Å². The number of benzene rings is 1. The second-order valence-electron chi connectivity index (χ2n) is 6.65. The molecule has 0 amide bonds. The van der Waals surface area contributed by atoms with Crippen molar-refractivity contribution in [3.63, 3.8) is 0 Å². The van der Waals surface area contributed by atoms with E-state index in [1.54, 1.807) is 12.5 Å². The fourth-order valence-corrected chi connectivity index (χ4v) is 3.68. The van der Waals surface area contributed by atoms with Crippen LogP contribution in [-0.2, 0) is 6.54 Å². The van der Waals surface area contributed by atoms with Crippen molar-refractivity contribution in [2.24, 2.45) is 0 Å². The van der Waals surface area contributed by atoms with E-state index in [2.05, 4.69) is 34.3 Å². The Labute approximate surface area is 147 Å². The SMILES string of the molecule is OC(CC1CCCN1Cc1cccc(-n2cccn2)c1)c1ccco1. The van der Waals surface area contributed by atoms with Crippen LogP contribution in [0.5, 0.6) is 0 Å². The standard InChI is InChI=1S/C20H23N3O2/c24-19(20-8-3-12-25-20)14-17-7-2-10-22(17)15-16-5-1-6-18(13-16)23-11-4-9-21-23/h1,3-6,8-9,11-13,17,19,24H,2,7,10,14-15H2. The summed E-state index contributed by atoms with van der Waals surface area (Å²) >= 11 is 0. The zero-order chi connectivity index (χ0) is 17.1. The molecule has 130 valence electrons. The number of nitrogens with zero attached hydrogens (tertiary/aromatic N) is 3. The van der Waals surface area contributed by atoms with Crippen molar-refractivity contribution in [2.75, 3.05) is 6.54 Å². The van der Waals surface area contributed by atoms with E-state index >= 15 is 0 Å². The van der Waals surface area contributed by atoms with Crippen LogP contribution in [-0.4, -0.2) is 32.4 Å². The van der Waals surface area contributed by atoms with Crippen molar-refractivity contribution in [2.45, 2.75) is 38.0 Å². The molecule has 4 rings (SSSR count). The highest BCUT2D eigenvalue weighted by molar-refractivity contribution is 5.35. The first-order chi connectivity index (χ1) is 12.3. The predicted octanol–water partition coefficient (Wildman–Crippen LogP) is 3.55. The van der Waals surface area contributed by atoms with Gasteiger partial charge in [-0.25, -0.2) is 4.68 Å². The number of likely N-dealkylation sites (tertiary alicyclic amines) is 1. The van der Waals surface area contributed by atoms with Crippen LogP contribution in [0.1, 0.15) is 36.7 Å². The maximum Gasteiger partial charge on any atom is 0.132 e. The van der Waals surface area contributed by atoms with E-state index in [-0.39, 0.29) is 0 Å². The van der Waals surface area contributed by atoms with Gasteiger partial charge in [-0.2, -0.15) is 5.10 Å². The average molecular weight is 337 g/mol. The topological polar surface area (TPSA) is 54.4 Å². The van der Waals surface area contributed by atoms with Crippen LogP contribution in [0.4, 0.5) is 0 Å². The van der Waals surface area contributed by atoms with Crippen LogP contribution < -0.4 is 0 Å². The molecule has 5 heteroatoms. The summed E-state index contributed by atoms with van der Waals surface area (Å²) in [5, 5.41) is 14.7. The van der Waals surface area contributed by atoms with Crippen LogP contribution in [0.2, 0.25) is 0 Å². The van der Waals surface area contributed by atoms with E-state index in [0.717, 1.165) is 25.2 Å². The molecule has 0 aliphatic carbocycles. The smallest absolute Gasteiger partial charge is 0.132 e. The van der Waals surface area contributed by atoms with Gasteiger partial charge in [-0.3, -0.25) is 4.90 Å². The van der Waals surface area contributed by atoms with Crippen LogP contribution in [0.3, 0.4) is 0 Å². The van der Waals surface area contributed by atoms with E-state index in [1.165, 1.54) is 12.0 Å². The monoisotopic (exact) mass is 337 g/mol. The van der Waals surface area contributed by atoms with Crippen molar-refractivity contribution in [3.8, 4) is 5.69 Å². The highest BCUT2D eigenvalue weighted by atomic mass is 16.4. The number of hydrogen-bond donors (Lipinski definition) is 1. The second kappa shape index (κ2) is 7.25. The van der Waals surface area contributed by atoms with E-state index in [0.29, 0.717) is 18.2 Å². The first-order valence-electron chi connectivity index (χ1n) is 8.84. The van der Waals surface area contributed by atoms with Crippen molar-refractivity contribution in [1.29, 1.82) is 0 Å². The molecule has 0 radical (unpaired) electrons. The Morgan fingerprint density at radius 2 is 2.20 bits per heavy atom. The molecule has 3 aromatic rings. The quantitative estimate of drug-likeness (QED) is 0.747. The third kappa shape index (κ3) is 3.67. The largest absolute Gasteiger partial charge is 0.467 e. The van der Waals surface area contributed by atoms with Gasteiger partial charge in [0.15, 0.2) is 0 Å². The lowest BCUT2D eigenvalue weighted by molar-refractivity contribution is 0.0995. The highest BCUT2D eigenvalue weighted by Crippen LogP contribution is 2.29. The molecule has 0 saturated carbocycles. The molecule has 0 spiro atoms. The molecular weight excluding hydrogens is 314 g/mol. The van der Waals surface area contributed by atoms with Crippen molar-refractivity contribution in [3.05, 3.63) is 72.4 Å². The van der Waals surface area contributed by atoms with Gasteiger partial charge in [-0.15, -0.1) is 0 Å². The van der Waals surface area contributed by atoms with Gasteiger partial charge < -0.3 is 9.52 Å². The molecule has 3 heterocycles. The highest BCUT2D eigenvalue weighted by Gasteiger charge is 2.28. The van der Waals surface area contributed by atoms with Gasteiger partial charge in [0.2, 0.25) is 0 Å². The van der Waals surface area contributed by atoms with Gasteiger partial charge in [-0.1, -0.05) is 12.1 Å². The summed E-state index contributed by atoms with van der Waals surface area (Å²) < 4.78 is 7.22. The number of furan rings is 1. The van der Waals surface area contributed by atoms with Crippen molar-refractivity contribution < 1.29 is 9.52 Å². The van der Waals surface area contributed by atoms with Gasteiger partial charge >= 0.3 is 0 Å². The summed E-state index contributed by atoms with van der Waals surface area (Å²) in [6.07, 6.45) is 7.84. The molecule has 5 nitrogen and oxygen atoms in total. The molecule has 1 aromatic carbocycles. The Morgan fingerprint density at radius 3 is 3.00 bits per heavy atom. The summed E-state index contributed by atoms with van der Waals surface area (Å²) in [6, 6.07) is 14.5. The van der Waals surface area contributed by atoms with E-state index in [1.807, 2.05) is 29.1 Å². The van der Waals surface area contributed by atoms with E-state index in [4.69, 9.17) is 4.42 Å². The number of hydrogen-bond acceptors (Lipinski definition) is 4. The fourth-order valence-electron chi connectivity index (χ4n) is 3.68. The predicted molar refractivity (Wildman–Crippen MR) is 95.3 cm³/mol. The molecule has 1 aliphatic heterocycles. The minimum absolute atomic E-state index is 0.383. The van der Waals surface area contributed by atoms with Crippen molar-refractivity contribution in [1.82, 2.24) is 14.7 Å². The summed E-state index contributed by atoms with van der Waals surface area (Å²) in [7, 11) is 0. The zero-order valence-corrected chi connectivity index (χ0v) is 14.2. The molecular formula is C20H23N3O2. The number of aromatic nitrogens is 2. The molecule has 1 saturated heterocycles. The Bertz CT molecular complexity index is 783. The van der Waals surface area contributed by atoms with Gasteiger partial charge in [0.1, 0.15) is 11.9 Å². The summed E-state index contributed by atoms with van der Waals surface area (Å²) in [4.78, 5) is 2.47. The number of rotatable bonds is 6. The first kappa shape index (κ1) is 16.1. The molecule has 0 bridgehead atoms. The molecule has 1 aliphatic rings. The van der Waals surface area contributed by atoms with E-state index in [9.17, 15) is 5.11 Å². The third-order valence-corrected chi connectivity index (χ3v) is 4.93. The molecule has 2 atom stereocenters. The minimum Gasteiger partial charge on any atom is -0.467 e. The van der Waals surface area contributed by atoms with Gasteiger partial charge in [0.05, 0.1) is 12.0 Å². The maximum atomic E-state index is 10.4. The first-order valence-corrected chi connectivity index (χ1v) is 8.84. The zero-order valence-electron chi connectivity index (χ0n) is 14.2. The van der Waals surface area contributed by atoms with Crippen LogP contribution >= 0.6 is 0 Å². The summed E-state index contributed by atoms with van der Waals surface area (Å²) in [6.45, 7) is 1.96. The van der Waals surface area contributed by atoms with Gasteiger partial charge in [0, 0.05) is 25.0 Å². The Hall–Kier alpha value is -2.37. The van der Waals surface area contributed by atoms with Gasteiger partial charge in [0.25, 0.3) is 0 Å². The molecule has 25 heavy (non-hydrogen) atoms. The fraction of sp³-hybridized carbons (Fsp3) is 0.350. The summed E-state index contributed by atoms with van der Waals surface area (Å²) in [5.41, 5.74) is 2.35. The number of aliphatic hydroxyl groups is 1. The Kier molecular flexibility index (Phi) is 4.68.